The minimum Gasteiger partial charge on any atom is -0.338 e. The number of carbonyl (C=O) groups is 2. The zero-order chi connectivity index (χ0) is 20.6. The molecule has 0 aliphatic carbocycles. The Morgan fingerprint density at radius 3 is 2.32 bits per heavy atom. The van der Waals surface area contributed by atoms with Crippen molar-refractivity contribution >= 4 is 11.7 Å². The second-order valence-corrected chi connectivity index (χ2v) is 8.69. The van der Waals surface area contributed by atoms with Gasteiger partial charge in [-0.15, -0.1) is 0 Å². The maximum Gasteiger partial charge on any atom is 0.222 e. The van der Waals surface area contributed by atoms with Gasteiger partial charge in [0.25, 0.3) is 0 Å². The Morgan fingerprint density at radius 2 is 1.71 bits per heavy atom. The van der Waals surface area contributed by atoms with Crippen molar-refractivity contribution in [2.24, 2.45) is 5.41 Å². The molecule has 0 saturated carbocycles. The van der Waals surface area contributed by atoms with Crippen LogP contribution in [0.5, 0.6) is 0 Å². The highest BCUT2D eigenvalue weighted by atomic mass is 16.2. The van der Waals surface area contributed by atoms with E-state index in [-0.39, 0.29) is 29.6 Å². The fourth-order valence-electron chi connectivity index (χ4n) is 3.17. The molecule has 0 radical (unpaired) electrons. The Balaban J connectivity index is 1.99. The summed E-state index contributed by atoms with van der Waals surface area (Å²) >= 11 is 0. The van der Waals surface area contributed by atoms with Gasteiger partial charge in [-0.1, -0.05) is 57.2 Å². The van der Waals surface area contributed by atoms with Crippen molar-refractivity contribution in [1.82, 2.24) is 9.88 Å². The summed E-state index contributed by atoms with van der Waals surface area (Å²) in [6, 6.07) is 15.9. The molecule has 0 fully saturated rings. The van der Waals surface area contributed by atoms with E-state index in [0.29, 0.717) is 19.3 Å². The summed E-state index contributed by atoms with van der Waals surface area (Å²) < 4.78 is 0. The molecule has 2 rings (SSSR count). The summed E-state index contributed by atoms with van der Waals surface area (Å²) in [6.45, 7) is 6.52. The zero-order valence-electron chi connectivity index (χ0n) is 17.5. The average molecular weight is 381 g/mol. The smallest absolute Gasteiger partial charge is 0.222 e. The summed E-state index contributed by atoms with van der Waals surface area (Å²) in [4.78, 5) is 31.0. The summed E-state index contributed by atoms with van der Waals surface area (Å²) in [7, 11) is 1.72. The summed E-state index contributed by atoms with van der Waals surface area (Å²) in [5.41, 5.74) is 2.21. The molecule has 0 aliphatic rings. The number of hydrogen-bond donors (Lipinski definition) is 0. The van der Waals surface area contributed by atoms with Crippen LogP contribution in [0.15, 0.2) is 54.7 Å². The highest BCUT2D eigenvalue weighted by Crippen LogP contribution is 2.24. The van der Waals surface area contributed by atoms with Gasteiger partial charge in [-0.3, -0.25) is 14.6 Å². The monoisotopic (exact) mass is 380 g/mol. The van der Waals surface area contributed by atoms with Gasteiger partial charge in [0.15, 0.2) is 5.78 Å². The van der Waals surface area contributed by atoms with E-state index in [4.69, 9.17) is 0 Å². The van der Waals surface area contributed by atoms with Crippen LogP contribution in [0.4, 0.5) is 0 Å². The van der Waals surface area contributed by atoms with Crippen LogP contribution in [0.3, 0.4) is 0 Å². The van der Waals surface area contributed by atoms with Crippen molar-refractivity contribution in [2.45, 2.75) is 52.4 Å². The molecule has 1 amide bonds. The van der Waals surface area contributed by atoms with Crippen LogP contribution in [-0.4, -0.2) is 35.2 Å². The Bertz CT molecular complexity index is 751. The molecular weight excluding hydrogens is 348 g/mol. The van der Waals surface area contributed by atoms with Gasteiger partial charge in [-0.2, -0.15) is 0 Å². The second kappa shape index (κ2) is 10.2. The first-order valence-electron chi connectivity index (χ1n) is 9.95. The molecule has 0 N–H and O–H groups in total. The molecule has 0 unspecified atom stereocenters. The highest BCUT2D eigenvalue weighted by molar-refractivity contribution is 5.86. The third kappa shape index (κ3) is 7.63. The molecule has 0 saturated heterocycles. The Morgan fingerprint density at radius 1 is 1.04 bits per heavy atom. The van der Waals surface area contributed by atoms with Gasteiger partial charge in [0.2, 0.25) is 5.91 Å². The minimum atomic E-state index is 0.0317. The van der Waals surface area contributed by atoms with E-state index < -0.39 is 0 Å². The van der Waals surface area contributed by atoms with Crippen LogP contribution < -0.4 is 0 Å². The van der Waals surface area contributed by atoms with E-state index >= 15 is 0 Å². The van der Waals surface area contributed by atoms with Crippen LogP contribution in [0, 0.1) is 5.41 Å². The van der Waals surface area contributed by atoms with Crippen LogP contribution in [0.25, 0.3) is 0 Å². The molecule has 4 nitrogen and oxygen atoms in total. The average Bonchev–Trinajstić information content (AvgIpc) is 2.66. The van der Waals surface area contributed by atoms with Crippen molar-refractivity contribution in [3.63, 3.8) is 0 Å². The number of rotatable bonds is 9. The maximum atomic E-state index is 12.7. The van der Waals surface area contributed by atoms with E-state index in [1.165, 1.54) is 0 Å². The molecule has 1 aromatic heterocycles. The molecule has 0 spiro atoms. The van der Waals surface area contributed by atoms with Gasteiger partial charge in [-0.25, -0.2) is 0 Å². The largest absolute Gasteiger partial charge is 0.338 e. The highest BCUT2D eigenvalue weighted by Gasteiger charge is 2.21. The predicted molar refractivity (Wildman–Crippen MR) is 113 cm³/mol. The molecule has 1 heterocycles. The zero-order valence-corrected chi connectivity index (χ0v) is 17.5. The van der Waals surface area contributed by atoms with E-state index in [9.17, 15) is 9.59 Å². The number of carbonyl (C=O) groups excluding carboxylic acids is 2. The molecule has 1 aromatic carbocycles. The normalized spacial score (nSPS) is 12.4. The molecule has 2 aromatic rings. The third-order valence-corrected chi connectivity index (χ3v) is 4.85. The first kappa shape index (κ1) is 21.8. The van der Waals surface area contributed by atoms with Gasteiger partial charge >= 0.3 is 0 Å². The van der Waals surface area contributed by atoms with E-state index in [1.807, 2.05) is 36.4 Å². The van der Waals surface area contributed by atoms with Gasteiger partial charge in [0.05, 0.1) is 6.54 Å². The van der Waals surface area contributed by atoms with Crippen LogP contribution in [0.1, 0.15) is 57.2 Å². The lowest BCUT2D eigenvalue weighted by Gasteiger charge is -2.22. The van der Waals surface area contributed by atoms with Crippen molar-refractivity contribution in [3.8, 4) is 0 Å². The number of hydrogen-bond acceptors (Lipinski definition) is 3. The number of amides is 1. The maximum absolute atomic E-state index is 12.7. The topological polar surface area (TPSA) is 50.3 Å². The van der Waals surface area contributed by atoms with Crippen LogP contribution in [-0.2, 0) is 16.0 Å². The number of ketones is 1. The number of Topliss-reactive ketones (excluding diaryl/α,β-unsaturated/α-hetero) is 1. The van der Waals surface area contributed by atoms with Crippen molar-refractivity contribution in [1.29, 1.82) is 0 Å². The number of likely N-dealkylation sites (N-methyl/N-ethyl adjacent to an activating group) is 1. The number of pyridine rings is 1. The van der Waals surface area contributed by atoms with E-state index in [1.54, 1.807) is 18.1 Å². The van der Waals surface area contributed by atoms with E-state index in [2.05, 4.69) is 37.9 Å². The molecule has 4 heteroatoms. The van der Waals surface area contributed by atoms with Crippen LogP contribution in [0.2, 0.25) is 0 Å². The molecule has 0 bridgehead atoms. The Kier molecular flexibility index (Phi) is 7.91. The molecule has 150 valence electrons. The lowest BCUT2D eigenvalue weighted by molar-refractivity contribution is -0.134. The number of aromatic nitrogens is 1. The first-order chi connectivity index (χ1) is 13.2. The lowest BCUT2D eigenvalue weighted by atomic mass is 9.89. The number of benzene rings is 1. The Labute approximate surface area is 169 Å². The number of nitrogens with zero attached hydrogens (tertiary/aromatic N) is 2. The molecule has 1 atom stereocenters. The van der Waals surface area contributed by atoms with E-state index in [0.717, 1.165) is 17.7 Å². The molecular formula is C24H32N2O2. The van der Waals surface area contributed by atoms with Crippen molar-refractivity contribution < 1.29 is 9.59 Å². The molecule has 0 aliphatic heterocycles. The van der Waals surface area contributed by atoms with Crippen molar-refractivity contribution in [3.05, 3.63) is 66.0 Å². The second-order valence-electron chi connectivity index (χ2n) is 8.69. The van der Waals surface area contributed by atoms with Gasteiger partial charge in [-0.05, 0) is 41.9 Å². The van der Waals surface area contributed by atoms with Gasteiger partial charge < -0.3 is 4.90 Å². The summed E-state index contributed by atoms with van der Waals surface area (Å²) in [5, 5.41) is 0. The van der Waals surface area contributed by atoms with Crippen LogP contribution >= 0.6 is 0 Å². The van der Waals surface area contributed by atoms with Crippen molar-refractivity contribution in [2.75, 3.05) is 13.6 Å². The SMILES string of the molecule is CN(CC(=O)C[C@@H](Cc1ccccn1)c1ccccc1)C(=O)CCC(C)(C)C. The third-order valence-electron chi connectivity index (χ3n) is 4.85. The fraction of sp³-hybridized carbons (Fsp3) is 0.458. The van der Waals surface area contributed by atoms with Gasteiger partial charge in [0.1, 0.15) is 0 Å². The first-order valence-corrected chi connectivity index (χ1v) is 9.95. The Hall–Kier alpha value is -2.49. The summed E-state index contributed by atoms with van der Waals surface area (Å²) in [5.74, 6) is 0.169. The standard InChI is InChI=1S/C24H32N2O2/c1-24(2,3)14-13-23(28)26(4)18-22(27)17-20(19-10-6-5-7-11-19)16-21-12-8-9-15-25-21/h5-12,15,20H,13-14,16-18H2,1-4H3/t20-/m1/s1. The lowest BCUT2D eigenvalue weighted by Crippen LogP contribution is -2.33. The fourth-order valence-corrected chi connectivity index (χ4v) is 3.17. The quantitative estimate of drug-likeness (QED) is 0.636. The molecule has 28 heavy (non-hydrogen) atoms. The predicted octanol–water partition coefficient (Wildman–Crippen LogP) is 4.65. The summed E-state index contributed by atoms with van der Waals surface area (Å²) in [6.07, 6.45) is 4.18. The van der Waals surface area contributed by atoms with Gasteiger partial charge in [0, 0.05) is 31.8 Å². The minimum absolute atomic E-state index is 0.0317.